The highest BCUT2D eigenvalue weighted by Gasteiger charge is 2.22. The molecule has 1 N–H and O–H groups in total. The predicted molar refractivity (Wildman–Crippen MR) is 102 cm³/mol. The highest BCUT2D eigenvalue weighted by atomic mass is 35.5. The second-order valence-electron chi connectivity index (χ2n) is 6.07. The fourth-order valence-corrected chi connectivity index (χ4v) is 3.45. The fourth-order valence-electron chi connectivity index (χ4n) is 3.10. The third-order valence-corrected chi connectivity index (χ3v) is 5.28. The van der Waals surface area contributed by atoms with Crippen LogP contribution in [0.4, 0.5) is 11.5 Å². The first-order valence-electron chi connectivity index (χ1n) is 8.44. The first-order chi connectivity index (χ1) is 12.1. The number of hydrogen-bond donors (Lipinski definition) is 1. The Morgan fingerprint density at radius 1 is 1.28 bits per heavy atom. The van der Waals surface area contributed by atoms with E-state index in [2.05, 4.69) is 27.1 Å². The van der Waals surface area contributed by atoms with E-state index in [1.807, 2.05) is 0 Å². The van der Waals surface area contributed by atoms with Gasteiger partial charge in [0.05, 0.1) is 28.1 Å². The van der Waals surface area contributed by atoms with Gasteiger partial charge in [-0.25, -0.2) is 9.97 Å². The van der Waals surface area contributed by atoms with Crippen molar-refractivity contribution in [2.24, 2.45) is 0 Å². The van der Waals surface area contributed by atoms with Gasteiger partial charge < -0.3 is 10.2 Å². The molecule has 5 nitrogen and oxygen atoms in total. The van der Waals surface area contributed by atoms with E-state index in [0.29, 0.717) is 21.8 Å². The van der Waals surface area contributed by atoms with Crippen molar-refractivity contribution >= 4 is 40.6 Å². The van der Waals surface area contributed by atoms with Crippen molar-refractivity contribution in [1.82, 2.24) is 9.97 Å². The van der Waals surface area contributed by atoms with Crippen LogP contribution in [0.3, 0.4) is 0 Å². The minimum atomic E-state index is -0.367. The number of amides is 1. The highest BCUT2D eigenvalue weighted by Crippen LogP contribution is 2.30. The van der Waals surface area contributed by atoms with E-state index in [0.717, 1.165) is 25.2 Å². The summed E-state index contributed by atoms with van der Waals surface area (Å²) in [6, 6.07) is 5.57. The lowest BCUT2D eigenvalue weighted by molar-refractivity contribution is 0.102. The third-order valence-electron chi connectivity index (χ3n) is 4.46. The highest BCUT2D eigenvalue weighted by molar-refractivity contribution is 6.44. The average Bonchev–Trinajstić information content (AvgIpc) is 2.65. The van der Waals surface area contributed by atoms with Crippen molar-refractivity contribution in [2.75, 3.05) is 16.8 Å². The van der Waals surface area contributed by atoms with Crippen LogP contribution < -0.4 is 10.2 Å². The molecular weight excluding hydrogens is 359 g/mol. The summed E-state index contributed by atoms with van der Waals surface area (Å²) in [5, 5.41) is 3.41. The van der Waals surface area contributed by atoms with Crippen LogP contribution in [-0.4, -0.2) is 28.5 Å². The van der Waals surface area contributed by atoms with Gasteiger partial charge in [-0.3, -0.25) is 4.79 Å². The minimum Gasteiger partial charge on any atom is -0.352 e. The second kappa shape index (κ2) is 8.02. The van der Waals surface area contributed by atoms with Gasteiger partial charge in [0.25, 0.3) is 5.91 Å². The van der Waals surface area contributed by atoms with Crippen molar-refractivity contribution < 1.29 is 4.79 Å². The molecule has 1 unspecified atom stereocenters. The Bertz CT molecular complexity index is 751. The number of nitrogens with zero attached hydrogens (tertiary/aromatic N) is 3. The number of aromatic nitrogens is 2. The van der Waals surface area contributed by atoms with E-state index in [1.54, 1.807) is 24.4 Å². The standard InChI is InChI=1S/C18H20Cl2N4O/c1-2-12-6-3-4-9-24(12)16-11-21-15(10-22-16)18(25)23-14-8-5-7-13(19)17(14)20/h5,7-8,10-12H,2-4,6,9H2,1H3,(H,23,25). The quantitative estimate of drug-likeness (QED) is 0.829. The molecule has 0 spiro atoms. The van der Waals surface area contributed by atoms with E-state index in [9.17, 15) is 4.79 Å². The lowest BCUT2D eigenvalue weighted by Gasteiger charge is -2.35. The van der Waals surface area contributed by atoms with Gasteiger partial charge in [0.2, 0.25) is 0 Å². The van der Waals surface area contributed by atoms with Crippen molar-refractivity contribution in [2.45, 2.75) is 38.6 Å². The molecule has 3 rings (SSSR count). The summed E-state index contributed by atoms with van der Waals surface area (Å²) in [5.74, 6) is 0.456. The molecule has 1 aromatic carbocycles. The zero-order valence-electron chi connectivity index (χ0n) is 14.0. The van der Waals surface area contributed by atoms with E-state index in [1.165, 1.54) is 19.0 Å². The second-order valence-corrected chi connectivity index (χ2v) is 6.85. The van der Waals surface area contributed by atoms with E-state index in [-0.39, 0.29) is 11.6 Å². The van der Waals surface area contributed by atoms with Crippen LogP contribution in [0.1, 0.15) is 43.1 Å². The number of hydrogen-bond acceptors (Lipinski definition) is 4. The lowest BCUT2D eigenvalue weighted by Crippen LogP contribution is -2.39. The van der Waals surface area contributed by atoms with Crippen molar-refractivity contribution in [3.05, 3.63) is 46.3 Å². The summed E-state index contributed by atoms with van der Waals surface area (Å²) in [5.41, 5.74) is 0.692. The van der Waals surface area contributed by atoms with Crippen LogP contribution >= 0.6 is 23.2 Å². The van der Waals surface area contributed by atoms with Crippen LogP contribution in [-0.2, 0) is 0 Å². The fraction of sp³-hybridized carbons (Fsp3) is 0.389. The maximum absolute atomic E-state index is 12.4. The van der Waals surface area contributed by atoms with Gasteiger partial charge in [-0.1, -0.05) is 36.2 Å². The zero-order chi connectivity index (χ0) is 17.8. The topological polar surface area (TPSA) is 58.1 Å². The molecule has 132 valence electrons. The molecule has 1 atom stereocenters. The third kappa shape index (κ3) is 4.05. The van der Waals surface area contributed by atoms with Crippen molar-refractivity contribution in [3.8, 4) is 0 Å². The molecular formula is C18H20Cl2N4O. The first-order valence-corrected chi connectivity index (χ1v) is 9.19. The number of anilines is 2. The lowest BCUT2D eigenvalue weighted by atomic mass is 10.0. The molecule has 0 saturated carbocycles. The van der Waals surface area contributed by atoms with Gasteiger partial charge >= 0.3 is 0 Å². The normalized spacial score (nSPS) is 17.4. The van der Waals surface area contributed by atoms with E-state index in [4.69, 9.17) is 23.2 Å². The maximum Gasteiger partial charge on any atom is 0.275 e. The number of piperidine rings is 1. The smallest absolute Gasteiger partial charge is 0.275 e. The Hall–Kier alpha value is -1.85. The van der Waals surface area contributed by atoms with Gasteiger partial charge in [-0.05, 0) is 37.8 Å². The monoisotopic (exact) mass is 378 g/mol. The number of carbonyl (C=O) groups excluding carboxylic acids is 1. The molecule has 0 bridgehead atoms. The molecule has 0 aliphatic carbocycles. The largest absolute Gasteiger partial charge is 0.352 e. The Kier molecular flexibility index (Phi) is 5.76. The van der Waals surface area contributed by atoms with Crippen LogP contribution in [0.2, 0.25) is 10.0 Å². The summed E-state index contributed by atoms with van der Waals surface area (Å²) in [6.07, 6.45) is 7.84. The van der Waals surface area contributed by atoms with Gasteiger partial charge in [-0.15, -0.1) is 0 Å². The van der Waals surface area contributed by atoms with Crippen molar-refractivity contribution in [1.29, 1.82) is 0 Å². The minimum absolute atomic E-state index is 0.241. The summed E-state index contributed by atoms with van der Waals surface area (Å²) in [4.78, 5) is 23.4. The molecule has 0 radical (unpaired) electrons. The van der Waals surface area contributed by atoms with Gasteiger partial charge in [0.1, 0.15) is 11.5 Å². The van der Waals surface area contributed by atoms with E-state index >= 15 is 0 Å². The number of halogens is 2. The van der Waals surface area contributed by atoms with Crippen LogP contribution in [0.25, 0.3) is 0 Å². The van der Waals surface area contributed by atoms with Crippen LogP contribution in [0, 0.1) is 0 Å². The SMILES string of the molecule is CCC1CCCCN1c1cnc(C(=O)Nc2cccc(Cl)c2Cl)cn1. The molecule has 7 heteroatoms. The number of nitrogens with one attached hydrogen (secondary N) is 1. The van der Waals surface area contributed by atoms with Crippen LogP contribution in [0.5, 0.6) is 0 Å². The number of rotatable bonds is 4. The van der Waals surface area contributed by atoms with E-state index < -0.39 is 0 Å². The van der Waals surface area contributed by atoms with Gasteiger partial charge in [-0.2, -0.15) is 0 Å². The summed E-state index contributed by atoms with van der Waals surface area (Å²) >= 11 is 12.1. The van der Waals surface area contributed by atoms with Gasteiger partial charge in [0, 0.05) is 12.6 Å². The Labute approximate surface area is 157 Å². The summed E-state index contributed by atoms with van der Waals surface area (Å²) in [7, 11) is 0. The summed E-state index contributed by atoms with van der Waals surface area (Å²) < 4.78 is 0. The van der Waals surface area contributed by atoms with Gasteiger partial charge in [0.15, 0.2) is 0 Å². The summed E-state index contributed by atoms with van der Waals surface area (Å²) in [6.45, 7) is 3.17. The number of benzene rings is 1. The molecule has 1 amide bonds. The average molecular weight is 379 g/mol. The molecule has 1 aliphatic heterocycles. The molecule has 2 heterocycles. The van der Waals surface area contributed by atoms with Crippen molar-refractivity contribution in [3.63, 3.8) is 0 Å². The predicted octanol–water partition coefficient (Wildman–Crippen LogP) is 4.80. The Morgan fingerprint density at radius 3 is 2.84 bits per heavy atom. The molecule has 1 saturated heterocycles. The first kappa shape index (κ1) is 18.0. The molecule has 1 fully saturated rings. The molecule has 25 heavy (non-hydrogen) atoms. The number of carbonyl (C=O) groups is 1. The zero-order valence-corrected chi connectivity index (χ0v) is 15.5. The van der Waals surface area contributed by atoms with Crippen LogP contribution in [0.15, 0.2) is 30.6 Å². The Morgan fingerprint density at radius 2 is 2.12 bits per heavy atom. The molecule has 1 aromatic heterocycles. The molecule has 2 aromatic rings. The Balaban J connectivity index is 1.73. The maximum atomic E-state index is 12.4. The molecule has 1 aliphatic rings.